The molecule has 1 fully saturated rings. The largest absolute Gasteiger partial charge is 0.497 e. The normalized spacial score (nSPS) is 14.5. The number of quaternary nitrogens is 1. The van der Waals surface area contributed by atoms with Crippen molar-refractivity contribution < 1.29 is 14.0 Å². The van der Waals surface area contributed by atoms with E-state index >= 15 is 0 Å². The van der Waals surface area contributed by atoms with E-state index in [0.717, 1.165) is 31.9 Å². The molecule has 0 spiro atoms. The number of aromatic nitrogens is 3. The highest BCUT2D eigenvalue weighted by molar-refractivity contribution is 5.53. The lowest BCUT2D eigenvalue weighted by Crippen LogP contribution is -3.13. The number of benzene rings is 2. The Balaban J connectivity index is 1.37. The van der Waals surface area contributed by atoms with Gasteiger partial charge in [0.2, 0.25) is 11.9 Å². The molecule has 8 nitrogen and oxygen atoms in total. The fourth-order valence-corrected chi connectivity index (χ4v) is 3.52. The fraction of sp³-hybridized carbons (Fsp3) is 0.286. The minimum Gasteiger partial charge on any atom is -0.497 e. The molecule has 0 amide bonds. The van der Waals surface area contributed by atoms with Crippen molar-refractivity contribution in [2.45, 2.75) is 6.54 Å². The first-order valence-electron chi connectivity index (χ1n) is 9.84. The van der Waals surface area contributed by atoms with Crippen LogP contribution in [0.1, 0.15) is 5.82 Å². The molecule has 2 aromatic carbocycles. The molecule has 0 radical (unpaired) electrons. The van der Waals surface area contributed by atoms with Crippen molar-refractivity contribution >= 4 is 23.3 Å². The molecule has 0 saturated carbocycles. The summed E-state index contributed by atoms with van der Waals surface area (Å²) in [7, 11) is 1.68. The van der Waals surface area contributed by atoms with Crippen molar-refractivity contribution in [1.29, 1.82) is 0 Å². The van der Waals surface area contributed by atoms with Crippen molar-refractivity contribution in [2.75, 3.05) is 49.2 Å². The first-order valence-corrected chi connectivity index (χ1v) is 9.84. The van der Waals surface area contributed by atoms with Crippen LogP contribution in [0.4, 0.5) is 27.7 Å². The Morgan fingerprint density at radius 2 is 1.87 bits per heavy atom. The highest BCUT2D eigenvalue weighted by Gasteiger charge is 2.22. The van der Waals surface area contributed by atoms with E-state index in [-0.39, 0.29) is 11.8 Å². The Morgan fingerprint density at radius 1 is 1.10 bits per heavy atom. The summed E-state index contributed by atoms with van der Waals surface area (Å²) in [5.74, 6) is 1.73. The number of ether oxygens (including phenoxy) is 1. The summed E-state index contributed by atoms with van der Waals surface area (Å²) in [5.41, 5.74) is 7.73. The van der Waals surface area contributed by atoms with Gasteiger partial charge in [0.1, 0.15) is 18.1 Å². The minimum atomic E-state index is -0.298. The van der Waals surface area contributed by atoms with Gasteiger partial charge in [0.25, 0.3) is 0 Å². The number of nitrogens with zero attached hydrogens (tertiary/aromatic N) is 4. The zero-order chi connectivity index (χ0) is 20.9. The second-order valence-corrected chi connectivity index (χ2v) is 7.18. The first-order chi connectivity index (χ1) is 14.6. The lowest BCUT2D eigenvalue weighted by Gasteiger charge is -2.33. The maximum atomic E-state index is 13.1. The van der Waals surface area contributed by atoms with E-state index in [9.17, 15) is 4.39 Å². The van der Waals surface area contributed by atoms with Crippen LogP contribution in [0.25, 0.3) is 0 Å². The monoisotopic (exact) mass is 410 g/mol. The summed E-state index contributed by atoms with van der Waals surface area (Å²) in [4.78, 5) is 16.6. The van der Waals surface area contributed by atoms with Crippen LogP contribution in [-0.2, 0) is 6.54 Å². The van der Waals surface area contributed by atoms with Crippen LogP contribution >= 0.6 is 0 Å². The van der Waals surface area contributed by atoms with Crippen LogP contribution in [-0.4, -0.2) is 48.2 Å². The fourth-order valence-electron chi connectivity index (χ4n) is 3.52. The number of anilines is 4. The molecule has 4 rings (SSSR count). The van der Waals surface area contributed by atoms with Crippen molar-refractivity contribution in [1.82, 2.24) is 15.0 Å². The molecule has 156 valence electrons. The topological polar surface area (TPSA) is 93.6 Å². The van der Waals surface area contributed by atoms with E-state index in [1.807, 2.05) is 12.1 Å². The number of halogens is 1. The quantitative estimate of drug-likeness (QED) is 0.563. The molecule has 4 N–H and O–H groups in total. The van der Waals surface area contributed by atoms with Crippen LogP contribution in [0.2, 0.25) is 0 Å². The maximum absolute atomic E-state index is 13.1. The second kappa shape index (κ2) is 8.91. The van der Waals surface area contributed by atoms with Crippen molar-refractivity contribution in [2.24, 2.45) is 0 Å². The zero-order valence-electron chi connectivity index (χ0n) is 16.8. The third-order valence-electron chi connectivity index (χ3n) is 5.10. The Hall–Kier alpha value is -3.46. The molecule has 30 heavy (non-hydrogen) atoms. The Kier molecular flexibility index (Phi) is 5.89. The second-order valence-electron chi connectivity index (χ2n) is 7.18. The van der Waals surface area contributed by atoms with Gasteiger partial charge in [-0.1, -0.05) is 6.07 Å². The predicted molar refractivity (Wildman–Crippen MR) is 114 cm³/mol. The molecule has 0 bridgehead atoms. The Morgan fingerprint density at radius 3 is 2.60 bits per heavy atom. The summed E-state index contributed by atoms with van der Waals surface area (Å²) >= 11 is 0. The molecule has 0 unspecified atom stereocenters. The molecule has 0 aliphatic carbocycles. The average molecular weight is 410 g/mol. The molecule has 3 aromatic rings. The van der Waals surface area contributed by atoms with Crippen molar-refractivity contribution in [3.8, 4) is 5.75 Å². The van der Waals surface area contributed by atoms with Gasteiger partial charge in [0.15, 0.2) is 5.82 Å². The van der Waals surface area contributed by atoms with Gasteiger partial charge in [-0.25, -0.2) is 4.39 Å². The molecule has 1 aliphatic heterocycles. The van der Waals surface area contributed by atoms with E-state index in [1.54, 1.807) is 19.2 Å². The van der Waals surface area contributed by atoms with Gasteiger partial charge in [-0.2, -0.15) is 15.0 Å². The molecule has 1 saturated heterocycles. The van der Waals surface area contributed by atoms with Crippen LogP contribution < -0.4 is 25.6 Å². The summed E-state index contributed by atoms with van der Waals surface area (Å²) in [6, 6.07) is 14.1. The van der Waals surface area contributed by atoms with Gasteiger partial charge >= 0.3 is 0 Å². The third kappa shape index (κ3) is 4.93. The summed E-state index contributed by atoms with van der Waals surface area (Å²) in [5, 5.41) is 3.05. The molecule has 9 heteroatoms. The van der Waals surface area contributed by atoms with Gasteiger partial charge in [0.05, 0.1) is 33.3 Å². The number of nitrogen functional groups attached to an aromatic ring is 1. The maximum Gasteiger partial charge on any atom is 0.232 e. The number of methoxy groups -OCH3 is 1. The van der Waals surface area contributed by atoms with E-state index in [2.05, 4.69) is 37.3 Å². The molecule has 0 atom stereocenters. The number of nitrogens with one attached hydrogen (secondary N) is 2. The van der Waals surface area contributed by atoms with Crippen LogP contribution in [0, 0.1) is 5.82 Å². The summed E-state index contributed by atoms with van der Waals surface area (Å²) in [6.07, 6.45) is 0. The molecule has 2 heterocycles. The van der Waals surface area contributed by atoms with E-state index in [0.29, 0.717) is 24.0 Å². The highest BCUT2D eigenvalue weighted by Crippen LogP contribution is 2.20. The number of hydrogen-bond donors (Lipinski definition) is 3. The predicted octanol–water partition coefficient (Wildman–Crippen LogP) is 1.25. The van der Waals surface area contributed by atoms with Gasteiger partial charge < -0.3 is 25.6 Å². The highest BCUT2D eigenvalue weighted by atomic mass is 19.1. The molecule has 1 aliphatic rings. The van der Waals surface area contributed by atoms with E-state index in [1.165, 1.54) is 22.7 Å². The van der Waals surface area contributed by atoms with Gasteiger partial charge in [-0.3, -0.25) is 0 Å². The third-order valence-corrected chi connectivity index (χ3v) is 5.10. The number of hydrogen-bond acceptors (Lipinski definition) is 7. The van der Waals surface area contributed by atoms with E-state index < -0.39 is 0 Å². The lowest BCUT2D eigenvalue weighted by atomic mass is 10.2. The van der Waals surface area contributed by atoms with Crippen molar-refractivity contribution in [3.05, 3.63) is 60.2 Å². The van der Waals surface area contributed by atoms with Crippen LogP contribution in [0.3, 0.4) is 0 Å². The lowest BCUT2D eigenvalue weighted by molar-refractivity contribution is -0.915. The zero-order valence-corrected chi connectivity index (χ0v) is 16.8. The number of piperazine rings is 1. The molecular weight excluding hydrogens is 385 g/mol. The van der Waals surface area contributed by atoms with Crippen molar-refractivity contribution in [3.63, 3.8) is 0 Å². The summed E-state index contributed by atoms with van der Waals surface area (Å²) < 4.78 is 18.4. The number of nitrogens with two attached hydrogens (primary N) is 1. The minimum absolute atomic E-state index is 0.166. The first kappa shape index (κ1) is 19.8. The van der Waals surface area contributed by atoms with Gasteiger partial charge in [-0.05, 0) is 36.4 Å². The van der Waals surface area contributed by atoms with Gasteiger partial charge in [0, 0.05) is 17.4 Å². The average Bonchev–Trinajstić information content (AvgIpc) is 2.75. The number of rotatable bonds is 6. The molecule has 1 aromatic heterocycles. The Labute approximate surface area is 174 Å². The standard InChI is InChI=1S/C21H24FN7O/c1-30-18-4-2-3-17(13-18)29-11-9-28(10-12-29)14-19-25-20(23)27-21(26-19)24-16-7-5-15(22)6-8-16/h2-8,13H,9-12,14H2,1H3,(H3,23,24,25,26,27)/p+1. The summed E-state index contributed by atoms with van der Waals surface area (Å²) in [6.45, 7) is 4.46. The van der Waals surface area contributed by atoms with Crippen LogP contribution in [0.15, 0.2) is 48.5 Å². The molecular formula is C21H25FN7O+. The van der Waals surface area contributed by atoms with E-state index in [4.69, 9.17) is 10.5 Å². The van der Waals surface area contributed by atoms with Gasteiger partial charge in [-0.15, -0.1) is 0 Å². The Bertz CT molecular complexity index is 991. The smallest absolute Gasteiger partial charge is 0.232 e. The van der Waals surface area contributed by atoms with Crippen LogP contribution in [0.5, 0.6) is 5.75 Å². The SMILES string of the molecule is COc1cccc(N2CC[NH+](Cc3nc(N)nc(Nc4ccc(F)cc4)n3)CC2)c1.